The number of carbonyl (C=O) groups excluding carboxylic acids is 1. The lowest BCUT2D eigenvalue weighted by Gasteiger charge is -2.36. The Balaban J connectivity index is 1.07. The summed E-state index contributed by atoms with van der Waals surface area (Å²) < 4.78 is 0. The van der Waals surface area contributed by atoms with Crippen molar-refractivity contribution in [1.29, 1.82) is 0 Å². The van der Waals surface area contributed by atoms with Gasteiger partial charge in [0.2, 0.25) is 0 Å². The Morgan fingerprint density at radius 3 is 2.65 bits per heavy atom. The number of anilines is 1. The molecule has 1 aromatic carbocycles. The van der Waals surface area contributed by atoms with E-state index in [9.17, 15) is 4.79 Å². The van der Waals surface area contributed by atoms with Crippen LogP contribution in [0.3, 0.4) is 0 Å². The van der Waals surface area contributed by atoms with E-state index in [0.29, 0.717) is 11.6 Å². The van der Waals surface area contributed by atoms with Crippen LogP contribution in [-0.2, 0) is 12.8 Å². The van der Waals surface area contributed by atoms with Crippen LogP contribution in [0.2, 0.25) is 0 Å². The number of hydrogen-bond donors (Lipinski definition) is 2. The average Bonchev–Trinajstić information content (AvgIpc) is 3.31. The molecular formula is C29H38N6OS. The molecule has 1 amide bonds. The molecule has 3 aromatic rings. The second kappa shape index (κ2) is 12.1. The lowest BCUT2D eigenvalue weighted by molar-refractivity contribution is 0.0918. The van der Waals surface area contributed by atoms with Crippen LogP contribution in [-0.4, -0.2) is 50.9 Å². The molecule has 2 aliphatic carbocycles. The molecule has 5 rings (SSSR count). The van der Waals surface area contributed by atoms with Gasteiger partial charge in [0, 0.05) is 40.5 Å². The lowest BCUT2D eigenvalue weighted by Crippen LogP contribution is -2.41. The molecule has 0 radical (unpaired) electrons. The number of carbonyl (C=O) groups is 1. The van der Waals surface area contributed by atoms with E-state index in [0.717, 1.165) is 54.5 Å². The fourth-order valence-electron chi connectivity index (χ4n) is 5.91. The number of fused-ring (bicyclic) bond motifs is 1. The Labute approximate surface area is 223 Å². The number of thiazole rings is 1. The second-order valence-electron chi connectivity index (χ2n) is 10.5. The topological polar surface area (TPSA) is 97.0 Å². The summed E-state index contributed by atoms with van der Waals surface area (Å²) in [4.78, 5) is 29.9. The average molecular weight is 519 g/mol. The fourth-order valence-corrected chi connectivity index (χ4v) is 6.86. The molecule has 37 heavy (non-hydrogen) atoms. The minimum absolute atomic E-state index is 0.0173. The number of aryl methyl sites for hydroxylation is 1. The van der Waals surface area contributed by atoms with Crippen molar-refractivity contribution in [2.24, 2.45) is 5.92 Å². The van der Waals surface area contributed by atoms with E-state index in [-0.39, 0.29) is 11.9 Å². The standard InChI is InChI=1S/C29H38N6OS/c1-2-16-35(24-11-12-25-27(18-24)37-29(30)34-25)17-13-20-3-9-23(10-4-20)33-28(36)22-7-5-21(6-8-22)26-19-31-14-15-32-26/h5-8,14-15,19-20,23-24H,2-4,9-13,16-18H2,1H3,(H2,30,34)(H,33,36). The van der Waals surface area contributed by atoms with Gasteiger partial charge in [-0.3, -0.25) is 14.8 Å². The first-order valence-electron chi connectivity index (χ1n) is 13.7. The van der Waals surface area contributed by atoms with Crippen molar-refractivity contribution in [3.63, 3.8) is 0 Å². The Morgan fingerprint density at radius 1 is 1.11 bits per heavy atom. The quantitative estimate of drug-likeness (QED) is 0.408. The monoisotopic (exact) mass is 518 g/mol. The van der Waals surface area contributed by atoms with Gasteiger partial charge in [0.25, 0.3) is 5.91 Å². The van der Waals surface area contributed by atoms with Crippen molar-refractivity contribution in [1.82, 2.24) is 25.2 Å². The molecule has 196 valence electrons. The van der Waals surface area contributed by atoms with Crippen LogP contribution in [0.5, 0.6) is 0 Å². The highest BCUT2D eigenvalue weighted by Gasteiger charge is 2.28. The molecule has 1 atom stereocenters. The van der Waals surface area contributed by atoms with Gasteiger partial charge in [-0.15, -0.1) is 11.3 Å². The smallest absolute Gasteiger partial charge is 0.251 e. The Kier molecular flexibility index (Phi) is 8.46. The van der Waals surface area contributed by atoms with E-state index in [2.05, 4.69) is 32.1 Å². The molecule has 0 bridgehead atoms. The van der Waals surface area contributed by atoms with Gasteiger partial charge in [0.15, 0.2) is 5.13 Å². The van der Waals surface area contributed by atoms with Gasteiger partial charge in [0.05, 0.1) is 17.6 Å². The third-order valence-corrected chi connectivity index (χ3v) is 8.92. The maximum Gasteiger partial charge on any atom is 0.251 e. The van der Waals surface area contributed by atoms with E-state index in [1.165, 1.54) is 49.2 Å². The van der Waals surface area contributed by atoms with Crippen LogP contribution < -0.4 is 11.1 Å². The summed E-state index contributed by atoms with van der Waals surface area (Å²) in [6.45, 7) is 4.61. The van der Waals surface area contributed by atoms with Crippen LogP contribution in [0.4, 0.5) is 5.13 Å². The van der Waals surface area contributed by atoms with Crippen LogP contribution in [0.15, 0.2) is 42.9 Å². The maximum atomic E-state index is 12.8. The summed E-state index contributed by atoms with van der Waals surface area (Å²) in [5.41, 5.74) is 9.67. The van der Waals surface area contributed by atoms with Gasteiger partial charge >= 0.3 is 0 Å². The molecule has 0 saturated heterocycles. The van der Waals surface area contributed by atoms with Gasteiger partial charge in [-0.05, 0) is 88.9 Å². The Morgan fingerprint density at radius 2 is 1.92 bits per heavy atom. The molecule has 0 aliphatic heterocycles. The van der Waals surface area contributed by atoms with Gasteiger partial charge in [-0.25, -0.2) is 4.98 Å². The number of hydrogen-bond acceptors (Lipinski definition) is 7. The van der Waals surface area contributed by atoms with E-state index in [1.54, 1.807) is 29.9 Å². The first-order valence-corrected chi connectivity index (χ1v) is 14.6. The zero-order valence-electron chi connectivity index (χ0n) is 21.7. The SMILES string of the molecule is CCCN(CCC1CCC(NC(=O)c2ccc(-c3cnccn3)cc2)CC1)C1CCc2nc(N)sc2C1. The highest BCUT2D eigenvalue weighted by atomic mass is 32.1. The summed E-state index contributed by atoms with van der Waals surface area (Å²) >= 11 is 1.68. The molecule has 1 saturated carbocycles. The first-order chi connectivity index (χ1) is 18.1. The summed E-state index contributed by atoms with van der Waals surface area (Å²) in [7, 11) is 0. The fraction of sp³-hybridized carbons (Fsp3) is 0.517. The number of benzene rings is 1. The zero-order valence-corrected chi connectivity index (χ0v) is 22.6. The van der Waals surface area contributed by atoms with Gasteiger partial charge in [-0.2, -0.15) is 0 Å². The van der Waals surface area contributed by atoms with Crippen molar-refractivity contribution < 1.29 is 4.79 Å². The predicted octanol–water partition coefficient (Wildman–Crippen LogP) is 5.13. The van der Waals surface area contributed by atoms with E-state index < -0.39 is 0 Å². The number of nitrogen functional groups attached to an aromatic ring is 1. The normalized spacial score (nSPS) is 21.5. The predicted molar refractivity (Wildman–Crippen MR) is 150 cm³/mol. The Bertz CT molecular complexity index is 1160. The summed E-state index contributed by atoms with van der Waals surface area (Å²) in [5.74, 6) is 0.764. The highest BCUT2D eigenvalue weighted by Crippen LogP contribution is 2.32. The van der Waals surface area contributed by atoms with Crippen molar-refractivity contribution in [3.8, 4) is 11.3 Å². The first kappa shape index (κ1) is 25.8. The maximum absolute atomic E-state index is 12.8. The summed E-state index contributed by atoms with van der Waals surface area (Å²) in [6, 6.07) is 8.51. The minimum Gasteiger partial charge on any atom is -0.375 e. The highest BCUT2D eigenvalue weighted by molar-refractivity contribution is 7.15. The zero-order chi connectivity index (χ0) is 25.6. The number of nitrogens with zero attached hydrogens (tertiary/aromatic N) is 4. The Hall–Kier alpha value is -2.84. The molecule has 3 N–H and O–H groups in total. The van der Waals surface area contributed by atoms with Crippen LogP contribution in [0.25, 0.3) is 11.3 Å². The molecule has 2 aliphatic rings. The van der Waals surface area contributed by atoms with E-state index in [1.807, 2.05) is 24.3 Å². The van der Waals surface area contributed by atoms with Gasteiger partial charge in [-0.1, -0.05) is 19.1 Å². The van der Waals surface area contributed by atoms with Gasteiger partial charge < -0.3 is 16.0 Å². The number of nitrogens with one attached hydrogen (secondary N) is 1. The van der Waals surface area contributed by atoms with Crippen molar-refractivity contribution in [3.05, 3.63) is 59.0 Å². The number of nitrogens with two attached hydrogens (primary N) is 1. The summed E-state index contributed by atoms with van der Waals surface area (Å²) in [5, 5.41) is 3.99. The molecule has 8 heteroatoms. The van der Waals surface area contributed by atoms with Crippen LogP contribution in [0.1, 0.15) is 72.8 Å². The van der Waals surface area contributed by atoms with E-state index in [4.69, 9.17) is 5.73 Å². The third-order valence-electron chi connectivity index (χ3n) is 7.97. The van der Waals surface area contributed by atoms with Crippen LogP contribution in [0, 0.1) is 5.92 Å². The van der Waals surface area contributed by atoms with E-state index >= 15 is 0 Å². The second-order valence-corrected chi connectivity index (χ2v) is 11.6. The number of aromatic nitrogens is 3. The third kappa shape index (κ3) is 6.54. The molecule has 2 aromatic heterocycles. The molecule has 1 fully saturated rings. The minimum atomic E-state index is 0.0173. The molecule has 0 spiro atoms. The number of amides is 1. The lowest BCUT2D eigenvalue weighted by atomic mass is 9.83. The molecule has 1 unspecified atom stereocenters. The molecule has 2 heterocycles. The summed E-state index contributed by atoms with van der Waals surface area (Å²) in [6.07, 6.45) is 15.4. The van der Waals surface area contributed by atoms with Crippen molar-refractivity contribution in [2.45, 2.75) is 76.8 Å². The van der Waals surface area contributed by atoms with Crippen LogP contribution >= 0.6 is 11.3 Å². The number of rotatable bonds is 9. The van der Waals surface area contributed by atoms with Gasteiger partial charge in [0.1, 0.15) is 0 Å². The molecular weight excluding hydrogens is 480 g/mol. The van der Waals surface area contributed by atoms with Crippen molar-refractivity contribution >= 4 is 22.4 Å². The largest absolute Gasteiger partial charge is 0.375 e. The van der Waals surface area contributed by atoms with Crippen molar-refractivity contribution in [2.75, 3.05) is 18.8 Å². The molecule has 7 nitrogen and oxygen atoms in total.